The molecule has 1 atom stereocenters. The van der Waals surface area contributed by atoms with E-state index < -0.39 is 46.1 Å². The fourth-order valence-electron chi connectivity index (χ4n) is 2.35. The second kappa shape index (κ2) is 12.1. The highest BCUT2D eigenvalue weighted by Gasteiger charge is 2.44. The number of phenolic OH excluding ortho intramolecular Hbond substituents is 1. The van der Waals surface area contributed by atoms with Crippen LogP contribution < -0.4 is 5.32 Å². The van der Waals surface area contributed by atoms with Crippen molar-refractivity contribution in [3.63, 3.8) is 0 Å². The highest BCUT2D eigenvalue weighted by atomic mass is 33.1. The van der Waals surface area contributed by atoms with Crippen molar-refractivity contribution >= 4 is 61.7 Å². The summed E-state index contributed by atoms with van der Waals surface area (Å²) >= 11 is 0. The number of azide groups is 1. The summed E-state index contributed by atoms with van der Waals surface area (Å²) in [4.78, 5) is 54.3. The molecule has 1 unspecified atom stereocenters. The standard InChI is InChI=1S/C16H16N5O8S3/c17-20-19-9-1-2-10(11(22)7-9)15(25)18-4-6-31-30-5-3-14(24)29-21-13(23)8-12(16(21)26)32(27)28/h1-2,7,12,22H,3-6,8H2,(H,18,25). The van der Waals surface area contributed by atoms with Crippen LogP contribution in [-0.2, 0) is 29.9 Å². The molecule has 0 aliphatic carbocycles. The molecule has 0 bridgehead atoms. The summed E-state index contributed by atoms with van der Waals surface area (Å²) in [5.41, 5.74) is 8.55. The van der Waals surface area contributed by atoms with Crippen molar-refractivity contribution in [2.75, 3.05) is 18.1 Å². The predicted octanol–water partition coefficient (Wildman–Crippen LogP) is 1.30. The van der Waals surface area contributed by atoms with Crippen LogP contribution in [-0.4, -0.2) is 65.6 Å². The second-order valence-corrected chi connectivity index (χ2v) is 9.78. The normalized spacial score (nSPS) is 15.2. The van der Waals surface area contributed by atoms with E-state index >= 15 is 0 Å². The van der Waals surface area contributed by atoms with Crippen molar-refractivity contribution in [3.8, 4) is 5.75 Å². The van der Waals surface area contributed by atoms with E-state index in [9.17, 15) is 32.7 Å². The number of carbonyl (C=O) groups is 4. The lowest BCUT2D eigenvalue weighted by Gasteiger charge is -2.12. The Labute approximate surface area is 190 Å². The molecule has 3 amide bonds. The average Bonchev–Trinajstić information content (AvgIpc) is 3.01. The number of carbonyl (C=O) groups excluding carboxylic acids is 4. The van der Waals surface area contributed by atoms with E-state index in [1.807, 2.05) is 0 Å². The van der Waals surface area contributed by atoms with Gasteiger partial charge in [-0.3, -0.25) is 14.4 Å². The third-order valence-corrected chi connectivity index (χ3v) is 7.06. The van der Waals surface area contributed by atoms with Gasteiger partial charge in [0, 0.05) is 28.6 Å². The SMILES string of the molecule is [N-]=[N+]=Nc1ccc(C(=O)NCCSSCCC(=O)ON2C(=O)CC([S](=O)=O)C2=O)c(O)c1. The Morgan fingerprint density at radius 3 is 2.66 bits per heavy atom. The molecule has 2 N–H and O–H groups in total. The Bertz CT molecular complexity index is 1030. The quantitative estimate of drug-likeness (QED) is 0.111. The van der Waals surface area contributed by atoms with Crippen molar-refractivity contribution in [2.24, 2.45) is 5.11 Å². The van der Waals surface area contributed by atoms with Crippen LogP contribution in [0.3, 0.4) is 0 Å². The molecule has 1 aromatic carbocycles. The van der Waals surface area contributed by atoms with Gasteiger partial charge in [0.15, 0.2) is 5.25 Å². The summed E-state index contributed by atoms with van der Waals surface area (Å²) in [7, 11) is -0.151. The van der Waals surface area contributed by atoms with Gasteiger partial charge in [-0.2, -0.15) is 8.42 Å². The fourth-order valence-corrected chi connectivity index (χ4v) is 4.76. The Balaban J connectivity index is 1.63. The first-order valence-corrected chi connectivity index (χ1v) is 12.4. The van der Waals surface area contributed by atoms with Crippen LogP contribution in [0.5, 0.6) is 5.75 Å². The van der Waals surface area contributed by atoms with E-state index in [4.69, 9.17) is 5.53 Å². The van der Waals surface area contributed by atoms with Gasteiger partial charge in [0.05, 0.1) is 18.4 Å². The zero-order valence-electron chi connectivity index (χ0n) is 16.2. The number of rotatable bonds is 11. The molecule has 171 valence electrons. The number of hydroxylamine groups is 2. The van der Waals surface area contributed by atoms with Crippen LogP contribution in [0.25, 0.3) is 10.4 Å². The summed E-state index contributed by atoms with van der Waals surface area (Å²) in [5, 5.41) is 14.4. The third kappa shape index (κ3) is 6.98. The monoisotopic (exact) mass is 502 g/mol. The van der Waals surface area contributed by atoms with E-state index in [-0.39, 0.29) is 40.8 Å². The molecule has 0 spiro atoms. The maximum absolute atomic E-state index is 12.0. The van der Waals surface area contributed by atoms with Gasteiger partial charge in [-0.25, -0.2) is 4.79 Å². The molecule has 1 fully saturated rings. The van der Waals surface area contributed by atoms with Gasteiger partial charge in [0.25, 0.3) is 17.7 Å². The second-order valence-electron chi connectivity index (χ2n) is 5.98. The van der Waals surface area contributed by atoms with Gasteiger partial charge >= 0.3 is 5.97 Å². The number of amides is 3. The van der Waals surface area contributed by atoms with Gasteiger partial charge in [-0.1, -0.05) is 32.8 Å². The Morgan fingerprint density at radius 2 is 2.03 bits per heavy atom. The first-order valence-electron chi connectivity index (χ1n) is 8.81. The number of benzene rings is 1. The molecule has 1 aromatic rings. The molecule has 32 heavy (non-hydrogen) atoms. The first kappa shape index (κ1) is 25.2. The molecule has 16 heteroatoms. The van der Waals surface area contributed by atoms with E-state index in [0.717, 1.165) is 0 Å². The summed E-state index contributed by atoms with van der Waals surface area (Å²) in [6, 6.07) is 3.89. The summed E-state index contributed by atoms with van der Waals surface area (Å²) in [5.74, 6) is -2.92. The minimum Gasteiger partial charge on any atom is -0.507 e. The largest absolute Gasteiger partial charge is 0.507 e. The van der Waals surface area contributed by atoms with Crippen LogP contribution in [0.1, 0.15) is 23.2 Å². The number of hydrogen-bond acceptors (Lipinski definition) is 11. The van der Waals surface area contributed by atoms with Crippen molar-refractivity contribution in [1.82, 2.24) is 10.4 Å². The van der Waals surface area contributed by atoms with Crippen LogP contribution in [0, 0.1) is 0 Å². The average molecular weight is 503 g/mol. The van der Waals surface area contributed by atoms with Crippen LogP contribution in [0.4, 0.5) is 5.69 Å². The third-order valence-electron chi connectivity index (χ3n) is 3.82. The highest BCUT2D eigenvalue weighted by Crippen LogP contribution is 2.25. The van der Waals surface area contributed by atoms with E-state index in [1.54, 1.807) is 0 Å². The molecule has 13 nitrogen and oxygen atoms in total. The predicted molar refractivity (Wildman–Crippen MR) is 114 cm³/mol. The summed E-state index contributed by atoms with van der Waals surface area (Å²) in [6.07, 6.45) is -0.689. The topological polar surface area (TPSA) is 196 Å². The van der Waals surface area contributed by atoms with Gasteiger partial charge in [-0.05, 0) is 17.7 Å². The number of nitrogens with one attached hydrogen (secondary N) is 1. The number of imide groups is 1. The highest BCUT2D eigenvalue weighted by molar-refractivity contribution is 8.76. The molecule has 1 saturated heterocycles. The zero-order valence-corrected chi connectivity index (χ0v) is 18.6. The lowest BCUT2D eigenvalue weighted by Crippen LogP contribution is -2.34. The van der Waals surface area contributed by atoms with Crippen LogP contribution in [0.2, 0.25) is 0 Å². The molecule has 2 rings (SSSR count). The molecule has 1 heterocycles. The molecule has 0 saturated carbocycles. The van der Waals surface area contributed by atoms with E-state index in [0.29, 0.717) is 5.75 Å². The van der Waals surface area contributed by atoms with Crippen molar-refractivity contribution in [3.05, 3.63) is 34.2 Å². The molecule has 1 aliphatic rings. The molecule has 1 radical (unpaired) electrons. The number of phenols is 1. The fraction of sp³-hybridized carbons (Fsp3) is 0.375. The van der Waals surface area contributed by atoms with Gasteiger partial charge in [0.1, 0.15) is 5.75 Å². The van der Waals surface area contributed by atoms with Gasteiger partial charge in [-0.15, -0.1) is 5.06 Å². The molecular formula is C16H16N5O8S3. The lowest BCUT2D eigenvalue weighted by molar-refractivity contribution is -0.197. The van der Waals surface area contributed by atoms with Crippen molar-refractivity contribution < 1.29 is 37.5 Å². The Morgan fingerprint density at radius 1 is 1.31 bits per heavy atom. The lowest BCUT2D eigenvalue weighted by atomic mass is 10.1. The smallest absolute Gasteiger partial charge is 0.334 e. The number of hydrogen-bond donors (Lipinski definition) is 2. The van der Waals surface area contributed by atoms with Gasteiger partial charge in [0.2, 0.25) is 10.7 Å². The summed E-state index contributed by atoms with van der Waals surface area (Å²) in [6.45, 7) is 0.267. The summed E-state index contributed by atoms with van der Waals surface area (Å²) < 4.78 is 21.7. The van der Waals surface area contributed by atoms with Crippen LogP contribution in [0.15, 0.2) is 23.3 Å². The maximum atomic E-state index is 12.0. The Hall–Kier alpha value is -3.07. The van der Waals surface area contributed by atoms with Crippen molar-refractivity contribution in [2.45, 2.75) is 18.1 Å². The minimum atomic E-state index is -2.78. The van der Waals surface area contributed by atoms with E-state index in [2.05, 4.69) is 20.2 Å². The minimum absolute atomic E-state index is 0.0244. The first-order chi connectivity index (χ1) is 15.2. The Kier molecular flexibility index (Phi) is 9.52. The van der Waals surface area contributed by atoms with Gasteiger partial charge < -0.3 is 15.3 Å². The number of aromatic hydroxyl groups is 1. The van der Waals surface area contributed by atoms with E-state index in [1.165, 1.54) is 39.8 Å². The zero-order chi connectivity index (χ0) is 23.7. The van der Waals surface area contributed by atoms with Crippen LogP contribution >= 0.6 is 21.6 Å². The molecule has 0 aromatic heterocycles. The number of nitrogens with zero attached hydrogens (tertiary/aromatic N) is 4. The molecular weight excluding hydrogens is 486 g/mol. The molecule has 1 aliphatic heterocycles. The van der Waals surface area contributed by atoms with Crippen molar-refractivity contribution in [1.29, 1.82) is 0 Å². The maximum Gasteiger partial charge on any atom is 0.334 e.